The minimum atomic E-state index is -3.59. The molecule has 8 heteroatoms. The average Bonchev–Trinajstić information content (AvgIpc) is 2.47. The van der Waals surface area contributed by atoms with Crippen molar-refractivity contribution in [2.75, 3.05) is 31.6 Å². The molecule has 1 aromatic carbocycles. The van der Waals surface area contributed by atoms with Crippen LogP contribution >= 0.6 is 0 Å². The zero-order valence-electron chi connectivity index (χ0n) is 11.2. The van der Waals surface area contributed by atoms with Crippen LogP contribution in [0, 0.1) is 0 Å². The summed E-state index contributed by atoms with van der Waals surface area (Å²) in [5.41, 5.74) is 5.89. The van der Waals surface area contributed by atoms with Gasteiger partial charge in [-0.25, -0.2) is 13.1 Å². The first-order valence-corrected chi connectivity index (χ1v) is 7.75. The fourth-order valence-corrected chi connectivity index (χ4v) is 3.22. The van der Waals surface area contributed by atoms with Gasteiger partial charge in [-0.2, -0.15) is 0 Å². The first kappa shape index (κ1) is 14.8. The zero-order chi connectivity index (χ0) is 14.8. The third-order valence-electron chi connectivity index (χ3n) is 3.30. The number of anilines is 1. The lowest BCUT2D eigenvalue weighted by molar-refractivity contribution is -0.119. The topological polar surface area (TPSA) is 105 Å². The Morgan fingerprint density at radius 3 is 2.80 bits per heavy atom. The van der Waals surface area contributed by atoms with Crippen LogP contribution in [0.3, 0.4) is 0 Å². The van der Waals surface area contributed by atoms with Crippen molar-refractivity contribution in [1.82, 2.24) is 10.0 Å². The molecule has 1 saturated heterocycles. The van der Waals surface area contributed by atoms with E-state index in [0.29, 0.717) is 25.3 Å². The molecule has 0 spiro atoms. The van der Waals surface area contributed by atoms with Crippen LogP contribution in [0.5, 0.6) is 0 Å². The lowest BCUT2D eigenvalue weighted by Crippen LogP contribution is -2.57. The molecule has 1 aliphatic rings. The monoisotopic (exact) mass is 298 g/mol. The van der Waals surface area contributed by atoms with Crippen molar-refractivity contribution < 1.29 is 13.2 Å². The summed E-state index contributed by atoms with van der Waals surface area (Å²) in [4.78, 5) is 13.4. The molecular weight excluding hydrogens is 280 g/mol. The lowest BCUT2D eigenvalue weighted by Gasteiger charge is -2.36. The fraction of sp³-hybridized carbons (Fsp3) is 0.417. The first-order valence-electron chi connectivity index (χ1n) is 6.26. The number of nitrogens with one attached hydrogen (secondary N) is 2. The van der Waals surface area contributed by atoms with Crippen LogP contribution in [0.1, 0.15) is 0 Å². The maximum atomic E-state index is 12.1. The minimum absolute atomic E-state index is 0.149. The molecule has 1 aromatic rings. The van der Waals surface area contributed by atoms with Gasteiger partial charge in [0.2, 0.25) is 15.9 Å². The highest BCUT2D eigenvalue weighted by atomic mass is 32.2. The van der Waals surface area contributed by atoms with Gasteiger partial charge in [-0.05, 0) is 19.2 Å². The van der Waals surface area contributed by atoms with Crippen LogP contribution in [0.25, 0.3) is 0 Å². The van der Waals surface area contributed by atoms with E-state index in [1.807, 2.05) is 0 Å². The molecule has 0 aromatic heterocycles. The van der Waals surface area contributed by atoms with Gasteiger partial charge >= 0.3 is 0 Å². The van der Waals surface area contributed by atoms with Crippen LogP contribution in [0.15, 0.2) is 29.2 Å². The molecular formula is C12H18N4O3S. The largest absolute Gasteiger partial charge is 0.368 e. The predicted molar refractivity (Wildman–Crippen MR) is 75.9 cm³/mol. The van der Waals surface area contributed by atoms with Crippen LogP contribution < -0.4 is 20.7 Å². The Hall–Kier alpha value is -1.64. The van der Waals surface area contributed by atoms with Crippen molar-refractivity contribution in [2.24, 2.45) is 5.73 Å². The van der Waals surface area contributed by atoms with E-state index in [-0.39, 0.29) is 4.90 Å². The molecule has 0 aliphatic carbocycles. The molecule has 7 nitrogen and oxygen atoms in total. The second-order valence-electron chi connectivity index (χ2n) is 4.49. The van der Waals surface area contributed by atoms with E-state index < -0.39 is 22.0 Å². The second kappa shape index (κ2) is 5.78. The van der Waals surface area contributed by atoms with Gasteiger partial charge in [-0.15, -0.1) is 0 Å². The molecule has 0 radical (unpaired) electrons. The van der Waals surface area contributed by atoms with E-state index in [1.54, 1.807) is 23.1 Å². The Bertz CT molecular complexity index is 602. The molecule has 0 bridgehead atoms. The maximum Gasteiger partial charge on any atom is 0.242 e. The van der Waals surface area contributed by atoms with Crippen molar-refractivity contribution in [3.05, 3.63) is 24.3 Å². The third kappa shape index (κ3) is 2.77. The molecule has 110 valence electrons. The number of carbonyl (C=O) groups excluding carboxylic acids is 1. The highest BCUT2D eigenvalue weighted by Gasteiger charge is 2.30. The second-order valence-corrected chi connectivity index (χ2v) is 6.35. The van der Waals surface area contributed by atoms with Crippen LogP contribution in [-0.2, 0) is 14.8 Å². The smallest absolute Gasteiger partial charge is 0.242 e. The summed E-state index contributed by atoms with van der Waals surface area (Å²) in [7, 11) is -2.23. The van der Waals surface area contributed by atoms with Gasteiger partial charge in [0.25, 0.3) is 0 Å². The predicted octanol–water partition coefficient (Wildman–Crippen LogP) is -1.14. The van der Waals surface area contributed by atoms with Crippen molar-refractivity contribution >= 4 is 21.6 Å². The fourth-order valence-electron chi connectivity index (χ4n) is 2.28. The molecule has 4 N–H and O–H groups in total. The molecule has 1 atom stereocenters. The average molecular weight is 298 g/mol. The van der Waals surface area contributed by atoms with Gasteiger partial charge in [0.1, 0.15) is 10.9 Å². The molecule has 20 heavy (non-hydrogen) atoms. The van der Waals surface area contributed by atoms with E-state index in [2.05, 4.69) is 10.0 Å². The molecule has 1 aliphatic heterocycles. The lowest BCUT2D eigenvalue weighted by atomic mass is 10.1. The van der Waals surface area contributed by atoms with Gasteiger partial charge in [0.05, 0.1) is 5.69 Å². The Labute approximate surface area is 118 Å². The van der Waals surface area contributed by atoms with Crippen molar-refractivity contribution in [2.45, 2.75) is 10.9 Å². The van der Waals surface area contributed by atoms with E-state index >= 15 is 0 Å². The normalized spacial score (nSPS) is 19.9. The Kier molecular flexibility index (Phi) is 4.26. The molecule has 1 fully saturated rings. The van der Waals surface area contributed by atoms with E-state index in [1.165, 1.54) is 13.1 Å². The molecule has 0 saturated carbocycles. The quantitative estimate of drug-likeness (QED) is 0.651. The number of benzene rings is 1. The SMILES string of the molecule is CNS(=O)(=O)c1ccccc1N1CCNCC1C(N)=O. The highest BCUT2D eigenvalue weighted by molar-refractivity contribution is 7.89. The minimum Gasteiger partial charge on any atom is -0.368 e. The Morgan fingerprint density at radius 1 is 1.45 bits per heavy atom. The van der Waals surface area contributed by atoms with Gasteiger partial charge in [0.15, 0.2) is 0 Å². The Balaban J connectivity index is 2.49. The number of hydrogen-bond acceptors (Lipinski definition) is 5. The van der Waals surface area contributed by atoms with Crippen molar-refractivity contribution in [3.63, 3.8) is 0 Å². The number of rotatable bonds is 4. The van der Waals surface area contributed by atoms with Gasteiger partial charge < -0.3 is 16.0 Å². The number of primary amides is 1. The molecule has 2 rings (SSSR count). The maximum absolute atomic E-state index is 12.1. The van der Waals surface area contributed by atoms with Gasteiger partial charge in [0, 0.05) is 19.6 Å². The summed E-state index contributed by atoms with van der Waals surface area (Å²) >= 11 is 0. The molecule has 1 unspecified atom stereocenters. The van der Waals surface area contributed by atoms with Gasteiger partial charge in [-0.3, -0.25) is 4.79 Å². The third-order valence-corrected chi connectivity index (χ3v) is 4.77. The van der Waals surface area contributed by atoms with Gasteiger partial charge in [-0.1, -0.05) is 12.1 Å². The standard InChI is InChI=1S/C12H18N4O3S/c1-14-20(18,19)11-5-3-2-4-9(11)16-7-6-15-8-10(16)12(13)17/h2-5,10,14-15H,6-8H2,1H3,(H2,13,17). The van der Waals surface area contributed by atoms with E-state index in [9.17, 15) is 13.2 Å². The molecule has 1 heterocycles. The summed E-state index contributed by atoms with van der Waals surface area (Å²) in [6.07, 6.45) is 0. The number of piperazine rings is 1. The number of nitrogens with two attached hydrogens (primary N) is 1. The summed E-state index contributed by atoms with van der Waals surface area (Å²) < 4.78 is 26.4. The zero-order valence-corrected chi connectivity index (χ0v) is 12.0. The number of sulfonamides is 1. The summed E-state index contributed by atoms with van der Waals surface area (Å²) in [6, 6.07) is 6.03. The number of para-hydroxylation sites is 1. The first-order chi connectivity index (χ1) is 9.47. The van der Waals surface area contributed by atoms with E-state index in [4.69, 9.17) is 5.73 Å². The number of hydrogen-bond donors (Lipinski definition) is 3. The highest BCUT2D eigenvalue weighted by Crippen LogP contribution is 2.27. The summed E-state index contributed by atoms with van der Waals surface area (Å²) in [6.45, 7) is 1.59. The van der Waals surface area contributed by atoms with Crippen molar-refractivity contribution in [1.29, 1.82) is 0 Å². The van der Waals surface area contributed by atoms with Crippen LogP contribution in [0.2, 0.25) is 0 Å². The number of carbonyl (C=O) groups is 1. The number of nitrogens with zero attached hydrogens (tertiary/aromatic N) is 1. The van der Waals surface area contributed by atoms with Crippen LogP contribution in [-0.4, -0.2) is 47.0 Å². The Morgan fingerprint density at radius 2 is 2.15 bits per heavy atom. The van der Waals surface area contributed by atoms with E-state index in [0.717, 1.165) is 0 Å². The summed E-state index contributed by atoms with van der Waals surface area (Å²) in [5.74, 6) is -0.478. The summed E-state index contributed by atoms with van der Waals surface area (Å²) in [5, 5.41) is 3.08. The van der Waals surface area contributed by atoms with Crippen molar-refractivity contribution in [3.8, 4) is 0 Å². The molecule has 1 amide bonds. The van der Waals surface area contributed by atoms with Crippen LogP contribution in [0.4, 0.5) is 5.69 Å². The number of amides is 1.